The Morgan fingerprint density at radius 1 is 1.35 bits per heavy atom. The van der Waals surface area contributed by atoms with Crippen LogP contribution in [0.4, 0.5) is 0 Å². The first-order valence-corrected chi connectivity index (χ1v) is 8.02. The van der Waals surface area contributed by atoms with Crippen LogP contribution in [0.5, 0.6) is 0 Å². The van der Waals surface area contributed by atoms with Gasteiger partial charge in [0.25, 0.3) is 0 Å². The number of carboxylic acids is 1. The van der Waals surface area contributed by atoms with Gasteiger partial charge in [-0.1, -0.05) is 13.8 Å². The maximum atomic E-state index is 12.1. The molecule has 1 amide bonds. The van der Waals surface area contributed by atoms with Gasteiger partial charge in [-0.05, 0) is 0 Å². The number of aliphatic carboxylic acids is 1. The third-order valence-corrected chi connectivity index (χ3v) is 5.05. The van der Waals surface area contributed by atoms with Crippen molar-refractivity contribution in [2.24, 2.45) is 0 Å². The van der Waals surface area contributed by atoms with Gasteiger partial charge in [-0.15, -0.1) is 0 Å². The van der Waals surface area contributed by atoms with Crippen molar-refractivity contribution in [2.75, 3.05) is 38.6 Å². The van der Waals surface area contributed by atoms with Crippen LogP contribution in [0.15, 0.2) is 0 Å². The Kier molecular flexibility index (Phi) is 5.90. The van der Waals surface area contributed by atoms with E-state index < -0.39 is 33.7 Å². The molecule has 0 saturated carbocycles. The smallest absolute Gasteiger partial charge is 0.328 e. The summed E-state index contributed by atoms with van der Waals surface area (Å²) in [6.45, 7) is 4.09. The molecule has 0 bridgehead atoms. The summed E-state index contributed by atoms with van der Waals surface area (Å²) < 4.78 is 30.2. The molecule has 1 aliphatic rings. The second-order valence-corrected chi connectivity index (χ2v) is 6.33. The fourth-order valence-electron chi connectivity index (χ4n) is 2.05. The summed E-state index contributed by atoms with van der Waals surface area (Å²) in [5.41, 5.74) is 0. The van der Waals surface area contributed by atoms with Gasteiger partial charge in [0, 0.05) is 19.6 Å². The molecule has 0 aromatic carbocycles. The topological polar surface area (TPSA) is 104 Å². The Labute approximate surface area is 118 Å². The third-order valence-electron chi connectivity index (χ3n) is 3.14. The average molecular weight is 308 g/mol. The molecule has 1 saturated heterocycles. The lowest BCUT2D eigenvalue weighted by molar-refractivity contribution is -0.157. The maximum absolute atomic E-state index is 12.1. The van der Waals surface area contributed by atoms with Crippen molar-refractivity contribution in [2.45, 2.75) is 19.9 Å². The van der Waals surface area contributed by atoms with Gasteiger partial charge in [0.1, 0.15) is 5.75 Å². The number of sulfonamides is 1. The van der Waals surface area contributed by atoms with E-state index in [2.05, 4.69) is 0 Å². The number of hydrogen-bond acceptors (Lipinski definition) is 5. The highest BCUT2D eigenvalue weighted by molar-refractivity contribution is 7.89. The van der Waals surface area contributed by atoms with Crippen LogP contribution in [0, 0.1) is 0 Å². The van der Waals surface area contributed by atoms with Crippen LogP contribution in [0.2, 0.25) is 0 Å². The summed E-state index contributed by atoms with van der Waals surface area (Å²) in [6, 6.07) is -1.12. The van der Waals surface area contributed by atoms with Gasteiger partial charge in [0.2, 0.25) is 15.9 Å². The lowest BCUT2D eigenvalue weighted by Crippen LogP contribution is -2.54. The minimum atomic E-state index is -3.71. The predicted molar refractivity (Wildman–Crippen MR) is 70.7 cm³/mol. The maximum Gasteiger partial charge on any atom is 0.328 e. The molecule has 1 atom stereocenters. The molecule has 1 rings (SSSR count). The first-order valence-electron chi connectivity index (χ1n) is 6.41. The molecule has 1 heterocycles. The largest absolute Gasteiger partial charge is 0.480 e. The molecular weight excluding hydrogens is 288 g/mol. The number of carbonyl (C=O) groups excluding carboxylic acids is 1. The van der Waals surface area contributed by atoms with E-state index in [1.54, 1.807) is 13.8 Å². The van der Waals surface area contributed by atoms with Gasteiger partial charge in [-0.2, -0.15) is 0 Å². The van der Waals surface area contributed by atoms with Gasteiger partial charge < -0.3 is 14.7 Å². The minimum Gasteiger partial charge on any atom is -0.480 e. The first kappa shape index (κ1) is 16.9. The van der Waals surface area contributed by atoms with Gasteiger partial charge in [0.15, 0.2) is 6.04 Å². The molecule has 1 fully saturated rings. The standard InChI is InChI=1S/C11H20N2O6S/c1-3-12(4-2)20(17,18)8-10(14)13-5-6-19-7-9(13)11(15)16/h9H,3-8H2,1-2H3,(H,15,16)/t9-/m0/s1. The van der Waals surface area contributed by atoms with Crippen molar-refractivity contribution in [1.82, 2.24) is 9.21 Å². The van der Waals surface area contributed by atoms with Gasteiger partial charge in [-0.3, -0.25) is 4.79 Å². The molecular formula is C11H20N2O6S. The summed E-state index contributed by atoms with van der Waals surface area (Å²) >= 11 is 0. The van der Waals surface area contributed by atoms with E-state index in [0.717, 1.165) is 4.90 Å². The number of morpholine rings is 1. The van der Waals surface area contributed by atoms with Crippen LogP contribution >= 0.6 is 0 Å². The molecule has 20 heavy (non-hydrogen) atoms. The summed E-state index contributed by atoms with van der Waals surface area (Å²) in [5.74, 6) is -2.61. The average Bonchev–Trinajstić information content (AvgIpc) is 2.39. The molecule has 8 nitrogen and oxygen atoms in total. The molecule has 0 aliphatic carbocycles. The van der Waals surface area contributed by atoms with Crippen molar-refractivity contribution in [3.8, 4) is 0 Å². The Morgan fingerprint density at radius 3 is 2.45 bits per heavy atom. The highest BCUT2D eigenvalue weighted by Gasteiger charge is 2.35. The Morgan fingerprint density at radius 2 is 1.95 bits per heavy atom. The van der Waals surface area contributed by atoms with Crippen LogP contribution < -0.4 is 0 Å². The zero-order valence-electron chi connectivity index (χ0n) is 11.6. The van der Waals surface area contributed by atoms with Crippen molar-refractivity contribution in [3.05, 3.63) is 0 Å². The molecule has 0 radical (unpaired) electrons. The summed E-state index contributed by atoms with van der Waals surface area (Å²) in [5, 5.41) is 9.02. The van der Waals surface area contributed by atoms with Crippen LogP contribution in [-0.2, 0) is 24.3 Å². The van der Waals surface area contributed by atoms with E-state index in [1.165, 1.54) is 4.31 Å². The zero-order valence-corrected chi connectivity index (χ0v) is 12.4. The molecule has 0 aromatic heterocycles. The lowest BCUT2D eigenvalue weighted by Gasteiger charge is -2.33. The zero-order chi connectivity index (χ0) is 15.3. The Bertz CT molecular complexity index is 460. The van der Waals surface area contributed by atoms with E-state index in [4.69, 9.17) is 9.84 Å². The van der Waals surface area contributed by atoms with Crippen molar-refractivity contribution < 1.29 is 27.9 Å². The third kappa shape index (κ3) is 3.90. The highest BCUT2D eigenvalue weighted by atomic mass is 32.2. The van der Waals surface area contributed by atoms with E-state index in [1.807, 2.05) is 0 Å². The van der Waals surface area contributed by atoms with Crippen LogP contribution in [0.3, 0.4) is 0 Å². The number of nitrogens with zero attached hydrogens (tertiary/aromatic N) is 2. The van der Waals surface area contributed by atoms with Crippen molar-refractivity contribution in [1.29, 1.82) is 0 Å². The van der Waals surface area contributed by atoms with E-state index in [-0.39, 0.29) is 32.8 Å². The fourth-order valence-corrected chi connectivity index (χ4v) is 3.50. The Balaban J connectivity index is 2.81. The molecule has 0 aromatic rings. The molecule has 0 unspecified atom stereocenters. The first-order chi connectivity index (χ1) is 9.33. The van der Waals surface area contributed by atoms with Crippen LogP contribution in [-0.4, -0.2) is 79.2 Å². The van der Waals surface area contributed by atoms with Crippen LogP contribution in [0.1, 0.15) is 13.8 Å². The molecule has 116 valence electrons. The molecule has 1 aliphatic heterocycles. The van der Waals surface area contributed by atoms with Gasteiger partial charge in [-0.25, -0.2) is 17.5 Å². The van der Waals surface area contributed by atoms with E-state index in [0.29, 0.717) is 0 Å². The number of amides is 1. The number of ether oxygens (including phenoxy) is 1. The number of rotatable bonds is 6. The van der Waals surface area contributed by atoms with Crippen molar-refractivity contribution in [3.63, 3.8) is 0 Å². The number of carbonyl (C=O) groups is 2. The van der Waals surface area contributed by atoms with Crippen molar-refractivity contribution >= 4 is 21.9 Å². The minimum absolute atomic E-state index is 0.0869. The summed E-state index contributed by atoms with van der Waals surface area (Å²) in [7, 11) is -3.71. The van der Waals surface area contributed by atoms with E-state index in [9.17, 15) is 18.0 Å². The second kappa shape index (κ2) is 7.00. The second-order valence-electron chi connectivity index (χ2n) is 4.36. The monoisotopic (exact) mass is 308 g/mol. The summed E-state index contributed by atoms with van der Waals surface area (Å²) in [6.07, 6.45) is 0. The fraction of sp³-hybridized carbons (Fsp3) is 0.818. The molecule has 0 spiro atoms. The van der Waals surface area contributed by atoms with E-state index >= 15 is 0 Å². The lowest BCUT2D eigenvalue weighted by atomic mass is 10.2. The van der Waals surface area contributed by atoms with Crippen LogP contribution in [0.25, 0.3) is 0 Å². The normalized spacial score (nSPS) is 20.1. The highest BCUT2D eigenvalue weighted by Crippen LogP contribution is 2.10. The van der Waals surface area contributed by atoms with Gasteiger partial charge in [0.05, 0.1) is 13.2 Å². The molecule has 9 heteroatoms. The Hall–Kier alpha value is -1.19. The predicted octanol–water partition coefficient (Wildman–Crippen LogP) is -1.03. The summed E-state index contributed by atoms with van der Waals surface area (Å²) in [4.78, 5) is 24.2. The molecule has 1 N–H and O–H groups in total. The number of carboxylic acid groups (broad SMARTS) is 1. The number of hydrogen-bond donors (Lipinski definition) is 1. The van der Waals surface area contributed by atoms with Gasteiger partial charge >= 0.3 is 5.97 Å². The quantitative estimate of drug-likeness (QED) is 0.673. The SMILES string of the molecule is CCN(CC)S(=O)(=O)CC(=O)N1CCOC[C@H]1C(=O)O.